The first-order valence-corrected chi connectivity index (χ1v) is 7.79. The number of amides is 1. The van der Waals surface area contributed by atoms with E-state index in [1.165, 1.54) is 0 Å². The molecule has 22 heavy (non-hydrogen) atoms. The summed E-state index contributed by atoms with van der Waals surface area (Å²) in [5.41, 5.74) is 0.228. The average Bonchev–Trinajstić information content (AvgIpc) is 2.45. The number of hydrogen-bond acceptors (Lipinski definition) is 3. The van der Waals surface area contributed by atoms with Crippen molar-refractivity contribution in [2.24, 2.45) is 5.92 Å². The maximum Gasteiger partial charge on any atom is 0.257 e. The summed E-state index contributed by atoms with van der Waals surface area (Å²) in [5.74, 6) is 0.199. The number of hydrogen-bond donors (Lipinski definition) is 0. The third-order valence-electron chi connectivity index (χ3n) is 4.18. The Morgan fingerprint density at radius 3 is 2.27 bits per heavy atom. The topological polar surface area (TPSA) is 38.8 Å². The van der Waals surface area contributed by atoms with Gasteiger partial charge >= 0.3 is 0 Å². The highest BCUT2D eigenvalue weighted by Gasteiger charge is 2.64. The van der Waals surface area contributed by atoms with E-state index in [-0.39, 0.29) is 24.2 Å². The minimum absolute atomic E-state index is 0.00525. The standard InChI is InChI=1S/C18H27NO3/c1-13(2)18(14-10-8-7-9-11-14)15(22-17(3,4)5)16(20)19(18)12-21-6/h7-11,13,15H,12H2,1-6H3. The quantitative estimate of drug-likeness (QED) is 0.784. The molecule has 1 amide bonds. The van der Waals surface area contributed by atoms with E-state index in [9.17, 15) is 4.79 Å². The average molecular weight is 305 g/mol. The Morgan fingerprint density at radius 2 is 1.82 bits per heavy atom. The van der Waals surface area contributed by atoms with Gasteiger partial charge in [0.2, 0.25) is 0 Å². The Hall–Kier alpha value is -1.39. The number of carbonyl (C=O) groups is 1. The Kier molecular flexibility index (Phi) is 4.64. The van der Waals surface area contributed by atoms with Gasteiger partial charge in [0.1, 0.15) is 12.3 Å². The van der Waals surface area contributed by atoms with Crippen molar-refractivity contribution in [2.75, 3.05) is 13.8 Å². The number of β-lactam (4-membered cyclic amide) rings is 1. The third kappa shape index (κ3) is 2.66. The lowest BCUT2D eigenvalue weighted by Gasteiger charge is -2.60. The first-order valence-electron chi connectivity index (χ1n) is 7.79. The second-order valence-corrected chi connectivity index (χ2v) is 7.14. The molecule has 1 aromatic rings. The molecule has 0 N–H and O–H groups in total. The fourth-order valence-electron chi connectivity index (χ4n) is 3.34. The zero-order valence-electron chi connectivity index (χ0n) is 14.4. The molecular weight excluding hydrogens is 278 g/mol. The molecule has 0 bridgehead atoms. The molecule has 2 unspecified atom stereocenters. The van der Waals surface area contributed by atoms with Gasteiger partial charge in [0, 0.05) is 7.11 Å². The summed E-state index contributed by atoms with van der Waals surface area (Å²) in [5, 5.41) is 0. The smallest absolute Gasteiger partial charge is 0.257 e. The summed E-state index contributed by atoms with van der Waals surface area (Å²) >= 11 is 0. The van der Waals surface area contributed by atoms with Gasteiger partial charge in [0.05, 0.1) is 5.60 Å². The fourth-order valence-corrected chi connectivity index (χ4v) is 3.34. The Balaban J connectivity index is 2.51. The molecule has 1 aromatic carbocycles. The Bertz CT molecular complexity index is 521. The molecule has 1 saturated heterocycles. The van der Waals surface area contributed by atoms with Crippen molar-refractivity contribution in [1.82, 2.24) is 4.90 Å². The number of methoxy groups -OCH3 is 1. The minimum Gasteiger partial charge on any atom is -0.364 e. The minimum atomic E-state index is -0.484. The lowest BCUT2D eigenvalue weighted by Crippen LogP contribution is -2.76. The van der Waals surface area contributed by atoms with Crippen LogP contribution in [0.4, 0.5) is 0 Å². The Morgan fingerprint density at radius 1 is 1.23 bits per heavy atom. The maximum absolute atomic E-state index is 12.6. The predicted octanol–water partition coefficient (Wildman–Crippen LogP) is 3.17. The summed E-state index contributed by atoms with van der Waals surface area (Å²) in [6.07, 6.45) is -0.481. The predicted molar refractivity (Wildman–Crippen MR) is 86.3 cm³/mol. The van der Waals surface area contributed by atoms with E-state index in [4.69, 9.17) is 9.47 Å². The second kappa shape index (κ2) is 6.01. The van der Waals surface area contributed by atoms with E-state index in [1.54, 1.807) is 12.0 Å². The highest BCUT2D eigenvalue weighted by atomic mass is 16.5. The van der Waals surface area contributed by atoms with Gasteiger partial charge < -0.3 is 14.4 Å². The fraction of sp³-hybridized carbons (Fsp3) is 0.611. The molecule has 0 aliphatic carbocycles. The van der Waals surface area contributed by atoms with Crippen LogP contribution in [0.1, 0.15) is 40.2 Å². The van der Waals surface area contributed by atoms with E-state index in [0.29, 0.717) is 0 Å². The van der Waals surface area contributed by atoms with Crippen LogP contribution in [0.5, 0.6) is 0 Å². The van der Waals surface area contributed by atoms with E-state index in [2.05, 4.69) is 26.0 Å². The van der Waals surface area contributed by atoms with Crippen LogP contribution in [0.15, 0.2) is 30.3 Å². The van der Waals surface area contributed by atoms with Crippen molar-refractivity contribution in [3.8, 4) is 0 Å². The van der Waals surface area contributed by atoms with Crippen molar-refractivity contribution in [3.63, 3.8) is 0 Å². The van der Waals surface area contributed by atoms with Crippen molar-refractivity contribution < 1.29 is 14.3 Å². The zero-order chi connectivity index (χ0) is 16.5. The van der Waals surface area contributed by atoms with E-state index < -0.39 is 11.6 Å². The number of carbonyl (C=O) groups excluding carboxylic acids is 1. The summed E-state index contributed by atoms with van der Waals surface area (Å²) in [7, 11) is 1.61. The van der Waals surface area contributed by atoms with Crippen LogP contribution in [0.2, 0.25) is 0 Å². The molecule has 1 aliphatic heterocycles. The Labute approximate surface area is 133 Å². The van der Waals surface area contributed by atoms with Crippen LogP contribution in [-0.4, -0.2) is 36.4 Å². The molecule has 2 atom stereocenters. The van der Waals surface area contributed by atoms with Gasteiger partial charge in [0.25, 0.3) is 5.91 Å². The molecule has 2 rings (SSSR count). The highest BCUT2D eigenvalue weighted by molar-refractivity contribution is 5.91. The highest BCUT2D eigenvalue weighted by Crippen LogP contribution is 2.49. The van der Waals surface area contributed by atoms with Gasteiger partial charge in [-0.05, 0) is 32.3 Å². The first kappa shape index (κ1) is 17.0. The van der Waals surface area contributed by atoms with E-state index in [0.717, 1.165) is 5.56 Å². The number of rotatable bonds is 5. The normalized spacial score (nSPS) is 25.5. The summed E-state index contributed by atoms with van der Waals surface area (Å²) in [6, 6.07) is 10.1. The molecule has 1 heterocycles. The van der Waals surface area contributed by atoms with Gasteiger partial charge in [-0.2, -0.15) is 0 Å². The van der Waals surface area contributed by atoms with Crippen LogP contribution in [0.25, 0.3) is 0 Å². The summed E-state index contributed by atoms with van der Waals surface area (Å²) < 4.78 is 11.4. The molecule has 0 radical (unpaired) electrons. The second-order valence-electron chi connectivity index (χ2n) is 7.14. The van der Waals surface area contributed by atoms with Gasteiger partial charge in [-0.15, -0.1) is 0 Å². The zero-order valence-corrected chi connectivity index (χ0v) is 14.4. The molecule has 4 nitrogen and oxygen atoms in total. The van der Waals surface area contributed by atoms with Crippen molar-refractivity contribution in [1.29, 1.82) is 0 Å². The molecule has 4 heteroatoms. The van der Waals surface area contributed by atoms with E-state index in [1.807, 2.05) is 39.0 Å². The molecule has 0 spiro atoms. The first-order chi connectivity index (χ1) is 10.2. The summed E-state index contributed by atoms with van der Waals surface area (Å²) in [4.78, 5) is 14.4. The monoisotopic (exact) mass is 305 g/mol. The molecule has 0 saturated carbocycles. The van der Waals surface area contributed by atoms with Crippen molar-refractivity contribution >= 4 is 5.91 Å². The maximum atomic E-state index is 12.6. The molecular formula is C18H27NO3. The number of ether oxygens (including phenoxy) is 2. The molecule has 122 valence electrons. The van der Waals surface area contributed by atoms with Crippen LogP contribution in [0, 0.1) is 5.92 Å². The van der Waals surface area contributed by atoms with Gasteiger partial charge in [-0.3, -0.25) is 4.79 Å². The third-order valence-corrected chi connectivity index (χ3v) is 4.18. The largest absolute Gasteiger partial charge is 0.364 e. The lowest BCUT2D eigenvalue weighted by molar-refractivity contribution is -0.237. The van der Waals surface area contributed by atoms with Crippen LogP contribution < -0.4 is 0 Å². The summed E-state index contributed by atoms with van der Waals surface area (Å²) in [6.45, 7) is 10.5. The number of nitrogens with zero attached hydrogens (tertiary/aromatic N) is 1. The van der Waals surface area contributed by atoms with Gasteiger partial charge in [0.15, 0.2) is 6.10 Å². The van der Waals surface area contributed by atoms with Crippen molar-refractivity contribution in [2.45, 2.75) is 51.9 Å². The number of likely N-dealkylation sites (tertiary alicyclic amines) is 1. The molecule has 0 aromatic heterocycles. The number of benzene rings is 1. The van der Waals surface area contributed by atoms with Crippen LogP contribution >= 0.6 is 0 Å². The van der Waals surface area contributed by atoms with Gasteiger partial charge in [-0.25, -0.2) is 0 Å². The molecule has 1 aliphatic rings. The SMILES string of the molecule is COCN1C(=O)C(OC(C)(C)C)C1(c1ccccc1)C(C)C. The lowest BCUT2D eigenvalue weighted by atomic mass is 9.67. The van der Waals surface area contributed by atoms with Crippen molar-refractivity contribution in [3.05, 3.63) is 35.9 Å². The molecule has 1 fully saturated rings. The van der Waals surface area contributed by atoms with Gasteiger partial charge in [-0.1, -0.05) is 44.2 Å². The van der Waals surface area contributed by atoms with Crippen LogP contribution in [-0.2, 0) is 19.8 Å². The van der Waals surface area contributed by atoms with Crippen LogP contribution in [0.3, 0.4) is 0 Å². The van der Waals surface area contributed by atoms with E-state index >= 15 is 0 Å².